The highest BCUT2D eigenvalue weighted by atomic mass is 16.3. The fraction of sp³-hybridized carbons (Fsp3) is 0.583. The van der Waals surface area contributed by atoms with Crippen LogP contribution in [0.15, 0.2) is 18.3 Å². The van der Waals surface area contributed by atoms with E-state index in [2.05, 4.69) is 11.9 Å². The van der Waals surface area contributed by atoms with Gasteiger partial charge in [-0.05, 0) is 31.2 Å². The molecule has 1 aromatic heterocycles. The van der Waals surface area contributed by atoms with Gasteiger partial charge in [0.25, 0.3) is 0 Å². The van der Waals surface area contributed by atoms with Crippen LogP contribution in [0.5, 0.6) is 0 Å². The summed E-state index contributed by atoms with van der Waals surface area (Å²) in [5.41, 5.74) is 5.90. The summed E-state index contributed by atoms with van der Waals surface area (Å²) in [6.07, 6.45) is 5.62. The Morgan fingerprint density at radius 2 is 2.47 bits per heavy atom. The number of nitrogens with two attached hydrogens (primary N) is 1. The van der Waals surface area contributed by atoms with Crippen molar-refractivity contribution in [3.05, 3.63) is 23.9 Å². The van der Waals surface area contributed by atoms with E-state index in [1.54, 1.807) is 6.20 Å². The summed E-state index contributed by atoms with van der Waals surface area (Å²) < 4.78 is 0. The van der Waals surface area contributed by atoms with Gasteiger partial charge in [-0.15, -0.1) is 0 Å². The number of aromatic nitrogens is 1. The van der Waals surface area contributed by atoms with Gasteiger partial charge in [-0.2, -0.15) is 0 Å². The van der Waals surface area contributed by atoms with Crippen LogP contribution >= 0.6 is 0 Å². The average Bonchev–Trinajstić information content (AvgIpc) is 2.61. The first kappa shape index (κ1) is 10.4. The molecule has 3 N–H and O–H groups in total. The summed E-state index contributed by atoms with van der Waals surface area (Å²) in [5.74, 6) is 0.796. The molecule has 0 aromatic carbocycles. The Kier molecular flexibility index (Phi) is 2.65. The molecule has 0 bridgehead atoms. The predicted octanol–water partition coefficient (Wildman–Crippen LogP) is 2.06. The minimum Gasteiger partial charge on any atom is -0.385 e. The number of rotatable bonds is 2. The minimum absolute atomic E-state index is 0.323. The summed E-state index contributed by atoms with van der Waals surface area (Å²) in [4.78, 5) is 4.06. The van der Waals surface area contributed by atoms with E-state index in [-0.39, 0.29) is 0 Å². The molecule has 0 spiro atoms. The number of hydrogen-bond donors (Lipinski definition) is 2. The fourth-order valence-corrected chi connectivity index (χ4v) is 2.74. The number of anilines is 1. The molecule has 0 radical (unpaired) electrons. The maximum absolute atomic E-state index is 10.7. The van der Waals surface area contributed by atoms with Crippen molar-refractivity contribution in [3.8, 4) is 0 Å². The van der Waals surface area contributed by atoms with Gasteiger partial charge < -0.3 is 10.8 Å². The Morgan fingerprint density at radius 1 is 1.67 bits per heavy atom. The fourth-order valence-electron chi connectivity index (χ4n) is 2.74. The molecule has 2 atom stereocenters. The van der Waals surface area contributed by atoms with Crippen LogP contribution in [0, 0.1) is 5.92 Å². The summed E-state index contributed by atoms with van der Waals surface area (Å²) in [5, 5.41) is 10.7. The van der Waals surface area contributed by atoms with E-state index < -0.39 is 5.60 Å². The molecule has 3 heteroatoms. The third kappa shape index (κ3) is 1.61. The van der Waals surface area contributed by atoms with Gasteiger partial charge in [0.15, 0.2) is 0 Å². The first-order valence-corrected chi connectivity index (χ1v) is 5.62. The van der Waals surface area contributed by atoms with Gasteiger partial charge in [-0.1, -0.05) is 19.4 Å². The lowest BCUT2D eigenvalue weighted by atomic mass is 9.83. The molecule has 3 nitrogen and oxygen atoms in total. The van der Waals surface area contributed by atoms with Crippen LogP contribution in [0.1, 0.15) is 38.2 Å². The van der Waals surface area contributed by atoms with Crippen molar-refractivity contribution in [1.29, 1.82) is 0 Å². The standard InChI is InChI=1S/C12H18N2O/c1-2-9-5-3-7-12(9,15)10-6-4-8-14-11(10)13/h4,6,8-9,15H,2-3,5,7H2,1H3,(H2,13,14). The smallest absolute Gasteiger partial charge is 0.129 e. The summed E-state index contributed by atoms with van der Waals surface area (Å²) in [6, 6.07) is 3.74. The molecule has 1 aliphatic carbocycles. The lowest BCUT2D eigenvalue weighted by Crippen LogP contribution is -2.31. The van der Waals surface area contributed by atoms with E-state index >= 15 is 0 Å². The van der Waals surface area contributed by atoms with Gasteiger partial charge in [0.1, 0.15) is 5.82 Å². The van der Waals surface area contributed by atoms with Crippen LogP contribution in [-0.4, -0.2) is 10.1 Å². The Hall–Kier alpha value is -1.09. The molecule has 2 rings (SSSR count). The zero-order valence-corrected chi connectivity index (χ0v) is 9.11. The average molecular weight is 206 g/mol. The molecule has 1 saturated carbocycles. The minimum atomic E-state index is -0.743. The molecular formula is C12H18N2O. The highest BCUT2D eigenvalue weighted by Gasteiger charge is 2.42. The SMILES string of the molecule is CCC1CCCC1(O)c1cccnc1N. The van der Waals surface area contributed by atoms with E-state index in [4.69, 9.17) is 5.73 Å². The van der Waals surface area contributed by atoms with Crippen molar-refractivity contribution in [3.63, 3.8) is 0 Å². The number of aliphatic hydroxyl groups is 1. The number of nitrogen functional groups attached to an aromatic ring is 1. The molecular weight excluding hydrogens is 188 g/mol. The molecule has 2 unspecified atom stereocenters. The largest absolute Gasteiger partial charge is 0.385 e. The quantitative estimate of drug-likeness (QED) is 0.778. The van der Waals surface area contributed by atoms with Gasteiger partial charge in [-0.25, -0.2) is 4.98 Å². The molecule has 1 aromatic rings. The lowest BCUT2D eigenvalue weighted by molar-refractivity contribution is -0.00339. The second-order valence-corrected chi connectivity index (χ2v) is 4.36. The van der Waals surface area contributed by atoms with Crippen molar-refractivity contribution < 1.29 is 5.11 Å². The Labute approximate surface area is 90.3 Å². The highest BCUT2D eigenvalue weighted by Crippen LogP contribution is 2.46. The van der Waals surface area contributed by atoms with Crippen LogP contribution < -0.4 is 5.73 Å². The number of nitrogens with zero attached hydrogens (tertiary/aromatic N) is 1. The van der Waals surface area contributed by atoms with Crippen molar-refractivity contribution in [2.75, 3.05) is 5.73 Å². The van der Waals surface area contributed by atoms with Gasteiger partial charge in [-0.3, -0.25) is 0 Å². The molecule has 15 heavy (non-hydrogen) atoms. The van der Waals surface area contributed by atoms with Crippen LogP contribution in [0.2, 0.25) is 0 Å². The maximum atomic E-state index is 10.7. The summed E-state index contributed by atoms with van der Waals surface area (Å²) >= 11 is 0. The highest BCUT2D eigenvalue weighted by molar-refractivity contribution is 5.43. The van der Waals surface area contributed by atoms with Crippen molar-refractivity contribution in [1.82, 2.24) is 4.98 Å². The normalized spacial score (nSPS) is 30.7. The molecule has 1 heterocycles. The van der Waals surface area contributed by atoms with E-state index in [9.17, 15) is 5.11 Å². The Balaban J connectivity index is 2.40. The molecule has 82 valence electrons. The third-order valence-electron chi connectivity index (χ3n) is 3.58. The number of pyridine rings is 1. The first-order valence-electron chi connectivity index (χ1n) is 5.62. The van der Waals surface area contributed by atoms with E-state index in [1.807, 2.05) is 12.1 Å². The third-order valence-corrected chi connectivity index (χ3v) is 3.58. The molecule has 1 fully saturated rings. The van der Waals surface area contributed by atoms with E-state index in [1.165, 1.54) is 0 Å². The van der Waals surface area contributed by atoms with Gasteiger partial charge in [0.05, 0.1) is 5.60 Å². The van der Waals surface area contributed by atoms with Crippen LogP contribution in [0.25, 0.3) is 0 Å². The van der Waals surface area contributed by atoms with E-state index in [0.717, 1.165) is 31.2 Å². The Morgan fingerprint density at radius 3 is 3.13 bits per heavy atom. The van der Waals surface area contributed by atoms with Crippen molar-refractivity contribution in [2.24, 2.45) is 5.92 Å². The predicted molar refractivity (Wildman–Crippen MR) is 60.2 cm³/mol. The van der Waals surface area contributed by atoms with Crippen molar-refractivity contribution >= 4 is 5.82 Å². The molecule has 0 saturated heterocycles. The molecule has 0 amide bonds. The van der Waals surface area contributed by atoms with Gasteiger partial charge in [0.2, 0.25) is 0 Å². The zero-order valence-electron chi connectivity index (χ0n) is 9.11. The first-order chi connectivity index (χ1) is 7.18. The molecule has 0 aliphatic heterocycles. The van der Waals surface area contributed by atoms with E-state index in [0.29, 0.717) is 11.7 Å². The second-order valence-electron chi connectivity index (χ2n) is 4.36. The van der Waals surface area contributed by atoms with Gasteiger partial charge in [0, 0.05) is 11.8 Å². The van der Waals surface area contributed by atoms with Crippen molar-refractivity contribution in [2.45, 2.75) is 38.2 Å². The molecule has 1 aliphatic rings. The second kappa shape index (κ2) is 3.81. The summed E-state index contributed by atoms with van der Waals surface area (Å²) in [6.45, 7) is 2.12. The van der Waals surface area contributed by atoms with Crippen LogP contribution in [-0.2, 0) is 5.60 Å². The maximum Gasteiger partial charge on any atom is 0.129 e. The zero-order chi connectivity index (χ0) is 10.9. The van der Waals surface area contributed by atoms with Crippen LogP contribution in [0.3, 0.4) is 0 Å². The monoisotopic (exact) mass is 206 g/mol. The summed E-state index contributed by atoms with van der Waals surface area (Å²) in [7, 11) is 0. The van der Waals surface area contributed by atoms with Gasteiger partial charge >= 0.3 is 0 Å². The van der Waals surface area contributed by atoms with Crippen LogP contribution in [0.4, 0.5) is 5.82 Å². The number of hydrogen-bond acceptors (Lipinski definition) is 3. The Bertz CT molecular complexity index is 353. The lowest BCUT2D eigenvalue weighted by Gasteiger charge is -2.30. The topological polar surface area (TPSA) is 59.1 Å².